The van der Waals surface area contributed by atoms with Crippen molar-refractivity contribution in [1.29, 1.82) is 0 Å². The van der Waals surface area contributed by atoms with Crippen molar-refractivity contribution in [3.8, 4) is 17.2 Å². The summed E-state index contributed by atoms with van der Waals surface area (Å²) in [5, 5.41) is 12.0. The number of urea groups is 1. The maximum atomic E-state index is 12.6. The predicted molar refractivity (Wildman–Crippen MR) is 91.8 cm³/mol. The van der Waals surface area contributed by atoms with Crippen LogP contribution in [0.25, 0.3) is 0 Å². The number of anilines is 1. The van der Waals surface area contributed by atoms with Crippen LogP contribution in [0.4, 0.5) is 10.5 Å². The molecule has 1 unspecified atom stereocenters. The van der Waals surface area contributed by atoms with Crippen molar-refractivity contribution < 1.29 is 28.9 Å². The van der Waals surface area contributed by atoms with Gasteiger partial charge in [0, 0.05) is 24.7 Å². The molecule has 8 nitrogen and oxygen atoms in total. The van der Waals surface area contributed by atoms with E-state index in [4.69, 9.17) is 19.3 Å². The van der Waals surface area contributed by atoms with Gasteiger partial charge >= 0.3 is 12.0 Å². The van der Waals surface area contributed by atoms with E-state index in [1.165, 1.54) is 26.2 Å². The summed E-state index contributed by atoms with van der Waals surface area (Å²) in [4.78, 5) is 25.2. The number of methoxy groups -OCH3 is 3. The molecule has 0 saturated carbocycles. The number of ether oxygens (including phenoxy) is 3. The second kappa shape index (κ2) is 7.96. The highest BCUT2D eigenvalue weighted by Gasteiger charge is 2.29. The van der Waals surface area contributed by atoms with Crippen molar-refractivity contribution in [2.75, 3.05) is 39.7 Å². The normalized spacial score (nSPS) is 17.0. The van der Waals surface area contributed by atoms with Crippen LogP contribution >= 0.6 is 0 Å². The number of carboxylic acids is 1. The summed E-state index contributed by atoms with van der Waals surface area (Å²) < 4.78 is 16.0. The van der Waals surface area contributed by atoms with Crippen molar-refractivity contribution >= 4 is 17.7 Å². The molecule has 2 N–H and O–H groups in total. The maximum absolute atomic E-state index is 12.6. The van der Waals surface area contributed by atoms with Gasteiger partial charge in [0.1, 0.15) is 5.75 Å². The Labute approximate surface area is 146 Å². The van der Waals surface area contributed by atoms with Gasteiger partial charge in [-0.2, -0.15) is 0 Å². The Balaban J connectivity index is 2.25. The number of aliphatic carboxylic acids is 1. The first-order valence-electron chi connectivity index (χ1n) is 8.01. The van der Waals surface area contributed by atoms with E-state index in [0.29, 0.717) is 47.9 Å². The molecule has 0 aromatic heterocycles. The standard InChI is InChI=1S/C17H24N2O6/c1-10-14(24-3)12(8-13(23-2)15(10)25-4)18-17(22)19-7-5-6-11(9-19)16(20)21/h8,11H,5-7,9H2,1-4H3,(H,18,22)(H,20,21). The third-order valence-corrected chi connectivity index (χ3v) is 4.35. The first-order chi connectivity index (χ1) is 11.9. The molecule has 1 aromatic rings. The van der Waals surface area contributed by atoms with E-state index in [-0.39, 0.29) is 12.6 Å². The molecule has 1 fully saturated rings. The topological polar surface area (TPSA) is 97.3 Å². The predicted octanol–water partition coefficient (Wildman–Crippen LogP) is 2.35. The average molecular weight is 352 g/mol. The van der Waals surface area contributed by atoms with Gasteiger partial charge < -0.3 is 29.5 Å². The van der Waals surface area contributed by atoms with Gasteiger partial charge in [0.25, 0.3) is 0 Å². The van der Waals surface area contributed by atoms with Gasteiger partial charge in [0.2, 0.25) is 0 Å². The number of hydrogen-bond acceptors (Lipinski definition) is 5. The monoisotopic (exact) mass is 352 g/mol. The van der Waals surface area contributed by atoms with Gasteiger partial charge in [-0.05, 0) is 19.8 Å². The number of amides is 2. The van der Waals surface area contributed by atoms with Crippen LogP contribution in [0, 0.1) is 12.8 Å². The zero-order valence-electron chi connectivity index (χ0n) is 14.9. The van der Waals surface area contributed by atoms with Gasteiger partial charge in [-0.25, -0.2) is 4.79 Å². The lowest BCUT2D eigenvalue weighted by Crippen LogP contribution is -2.44. The van der Waals surface area contributed by atoms with Gasteiger partial charge in [-0.3, -0.25) is 4.79 Å². The molecule has 2 amide bonds. The molecule has 1 aliphatic rings. The average Bonchev–Trinajstić information content (AvgIpc) is 2.61. The molecule has 1 heterocycles. The van der Waals surface area contributed by atoms with Gasteiger partial charge in [-0.15, -0.1) is 0 Å². The van der Waals surface area contributed by atoms with Crippen LogP contribution in [0.3, 0.4) is 0 Å². The zero-order valence-corrected chi connectivity index (χ0v) is 14.9. The number of carboxylic acid groups (broad SMARTS) is 1. The third-order valence-electron chi connectivity index (χ3n) is 4.35. The molecule has 8 heteroatoms. The summed E-state index contributed by atoms with van der Waals surface area (Å²) in [5.41, 5.74) is 1.14. The number of carbonyl (C=O) groups excluding carboxylic acids is 1. The summed E-state index contributed by atoms with van der Waals surface area (Å²) in [6.45, 7) is 2.51. The van der Waals surface area contributed by atoms with E-state index in [2.05, 4.69) is 5.32 Å². The molecule has 25 heavy (non-hydrogen) atoms. The molecule has 0 aliphatic carbocycles. The lowest BCUT2D eigenvalue weighted by molar-refractivity contribution is -0.143. The summed E-state index contributed by atoms with van der Waals surface area (Å²) in [5.74, 6) is 0.0581. The van der Waals surface area contributed by atoms with E-state index < -0.39 is 11.9 Å². The number of nitrogens with zero attached hydrogens (tertiary/aromatic N) is 1. The second-order valence-corrected chi connectivity index (χ2v) is 5.87. The minimum absolute atomic E-state index is 0.190. The SMILES string of the molecule is COc1cc(NC(=O)N2CCCC(C(=O)O)C2)c(OC)c(C)c1OC. The van der Waals surface area contributed by atoms with Crippen LogP contribution in [-0.2, 0) is 4.79 Å². The molecular formula is C17H24N2O6. The van der Waals surface area contributed by atoms with Crippen molar-refractivity contribution in [2.45, 2.75) is 19.8 Å². The minimum Gasteiger partial charge on any atom is -0.494 e. The van der Waals surface area contributed by atoms with E-state index >= 15 is 0 Å². The molecule has 1 atom stereocenters. The molecule has 1 aromatic carbocycles. The van der Waals surface area contributed by atoms with Gasteiger partial charge in [0.05, 0.1) is 32.9 Å². The summed E-state index contributed by atoms with van der Waals surface area (Å²) in [6.07, 6.45) is 1.24. The van der Waals surface area contributed by atoms with Crippen molar-refractivity contribution in [2.24, 2.45) is 5.92 Å². The fourth-order valence-electron chi connectivity index (χ4n) is 3.07. The maximum Gasteiger partial charge on any atom is 0.321 e. The van der Waals surface area contributed by atoms with E-state index in [1.54, 1.807) is 13.0 Å². The Kier molecular flexibility index (Phi) is 5.95. The van der Waals surface area contributed by atoms with Crippen molar-refractivity contribution in [3.63, 3.8) is 0 Å². The number of likely N-dealkylation sites (tertiary alicyclic amines) is 1. The Bertz CT molecular complexity index is 661. The van der Waals surface area contributed by atoms with Crippen LogP contribution in [0.1, 0.15) is 18.4 Å². The van der Waals surface area contributed by atoms with Crippen molar-refractivity contribution in [1.82, 2.24) is 4.90 Å². The molecule has 0 bridgehead atoms. The number of piperidine rings is 1. The molecule has 138 valence electrons. The van der Waals surface area contributed by atoms with Gasteiger partial charge in [0.15, 0.2) is 11.5 Å². The number of hydrogen-bond donors (Lipinski definition) is 2. The summed E-state index contributed by atoms with van der Waals surface area (Å²) in [6, 6.07) is 1.26. The summed E-state index contributed by atoms with van der Waals surface area (Å²) in [7, 11) is 4.55. The van der Waals surface area contributed by atoms with Crippen LogP contribution in [-0.4, -0.2) is 56.4 Å². The van der Waals surface area contributed by atoms with Crippen LogP contribution in [0.2, 0.25) is 0 Å². The van der Waals surface area contributed by atoms with Crippen LogP contribution in [0.15, 0.2) is 6.07 Å². The number of nitrogens with one attached hydrogen (secondary N) is 1. The molecule has 2 rings (SSSR count). The van der Waals surface area contributed by atoms with Crippen LogP contribution < -0.4 is 19.5 Å². The Morgan fingerprint density at radius 2 is 1.88 bits per heavy atom. The first-order valence-corrected chi connectivity index (χ1v) is 8.01. The van der Waals surface area contributed by atoms with Gasteiger partial charge in [-0.1, -0.05) is 0 Å². The highest BCUT2D eigenvalue weighted by atomic mass is 16.5. The van der Waals surface area contributed by atoms with E-state index in [9.17, 15) is 9.59 Å². The number of benzene rings is 1. The lowest BCUT2D eigenvalue weighted by atomic mass is 9.99. The fraction of sp³-hybridized carbons (Fsp3) is 0.529. The fourth-order valence-corrected chi connectivity index (χ4v) is 3.07. The molecule has 1 saturated heterocycles. The lowest BCUT2D eigenvalue weighted by Gasteiger charge is -2.31. The van der Waals surface area contributed by atoms with Crippen LogP contribution in [0.5, 0.6) is 17.2 Å². The molecule has 0 radical (unpaired) electrons. The van der Waals surface area contributed by atoms with E-state index in [1.807, 2.05) is 0 Å². The Morgan fingerprint density at radius 1 is 1.20 bits per heavy atom. The number of carbonyl (C=O) groups is 2. The second-order valence-electron chi connectivity index (χ2n) is 5.87. The zero-order chi connectivity index (χ0) is 18.6. The first kappa shape index (κ1) is 18.7. The molecular weight excluding hydrogens is 328 g/mol. The third kappa shape index (κ3) is 3.89. The summed E-state index contributed by atoms with van der Waals surface area (Å²) >= 11 is 0. The molecule has 1 aliphatic heterocycles. The Morgan fingerprint density at radius 3 is 2.44 bits per heavy atom. The molecule has 0 spiro atoms. The largest absolute Gasteiger partial charge is 0.494 e. The smallest absolute Gasteiger partial charge is 0.321 e. The quantitative estimate of drug-likeness (QED) is 0.844. The van der Waals surface area contributed by atoms with Crippen molar-refractivity contribution in [3.05, 3.63) is 11.6 Å². The number of rotatable bonds is 5. The Hall–Kier alpha value is -2.64. The highest BCUT2D eigenvalue weighted by Crippen LogP contribution is 2.42. The highest BCUT2D eigenvalue weighted by molar-refractivity contribution is 5.92. The van der Waals surface area contributed by atoms with E-state index in [0.717, 1.165) is 0 Å². The minimum atomic E-state index is -0.878.